The third-order valence-corrected chi connectivity index (χ3v) is 2.73. The van der Waals surface area contributed by atoms with E-state index in [9.17, 15) is 0 Å². The summed E-state index contributed by atoms with van der Waals surface area (Å²) in [5.74, 6) is 2.72. The third kappa shape index (κ3) is 2.91. The molecule has 0 aromatic carbocycles. The van der Waals surface area contributed by atoms with Gasteiger partial charge in [0.05, 0.1) is 6.54 Å². The van der Waals surface area contributed by atoms with E-state index in [1.807, 2.05) is 19.9 Å². The SMILES string of the molecule is Cc1cc(C(C)NCc2ncccn2)c(C)o1. The van der Waals surface area contributed by atoms with Crippen LogP contribution in [-0.4, -0.2) is 9.97 Å². The van der Waals surface area contributed by atoms with E-state index in [1.54, 1.807) is 12.4 Å². The van der Waals surface area contributed by atoms with Gasteiger partial charge >= 0.3 is 0 Å². The summed E-state index contributed by atoms with van der Waals surface area (Å²) >= 11 is 0. The zero-order valence-electron chi connectivity index (χ0n) is 10.4. The molecule has 1 unspecified atom stereocenters. The van der Waals surface area contributed by atoms with Crippen LogP contribution in [0.4, 0.5) is 0 Å². The van der Waals surface area contributed by atoms with Crippen molar-refractivity contribution >= 4 is 0 Å². The molecule has 0 radical (unpaired) electrons. The Balaban J connectivity index is 1.98. The zero-order chi connectivity index (χ0) is 12.3. The number of aromatic nitrogens is 2. The van der Waals surface area contributed by atoms with E-state index in [4.69, 9.17) is 4.42 Å². The van der Waals surface area contributed by atoms with Crippen molar-refractivity contribution in [2.45, 2.75) is 33.4 Å². The first-order valence-electron chi connectivity index (χ1n) is 5.73. The molecule has 0 saturated heterocycles. The Kier molecular flexibility index (Phi) is 3.54. The molecule has 2 aromatic heterocycles. The van der Waals surface area contributed by atoms with Gasteiger partial charge < -0.3 is 9.73 Å². The molecular weight excluding hydrogens is 214 g/mol. The lowest BCUT2D eigenvalue weighted by Crippen LogP contribution is -2.19. The molecule has 4 nitrogen and oxygen atoms in total. The van der Waals surface area contributed by atoms with Gasteiger partial charge in [0.2, 0.25) is 0 Å². The molecule has 17 heavy (non-hydrogen) atoms. The molecule has 0 aliphatic carbocycles. The maximum atomic E-state index is 5.52. The van der Waals surface area contributed by atoms with E-state index in [-0.39, 0.29) is 6.04 Å². The highest BCUT2D eigenvalue weighted by Gasteiger charge is 2.12. The number of furan rings is 1. The second-order valence-corrected chi connectivity index (χ2v) is 4.14. The van der Waals surface area contributed by atoms with E-state index in [0.29, 0.717) is 6.54 Å². The van der Waals surface area contributed by atoms with Crippen LogP contribution in [0.5, 0.6) is 0 Å². The first-order valence-corrected chi connectivity index (χ1v) is 5.73. The predicted octanol–water partition coefficient (Wildman–Crippen LogP) is 2.54. The number of nitrogens with zero attached hydrogens (tertiary/aromatic N) is 2. The number of rotatable bonds is 4. The van der Waals surface area contributed by atoms with Gasteiger partial charge in [-0.05, 0) is 32.9 Å². The van der Waals surface area contributed by atoms with E-state index in [2.05, 4.69) is 28.3 Å². The van der Waals surface area contributed by atoms with Gasteiger partial charge in [0.25, 0.3) is 0 Å². The fourth-order valence-electron chi connectivity index (χ4n) is 1.86. The Labute approximate surface area is 101 Å². The number of hydrogen-bond donors (Lipinski definition) is 1. The summed E-state index contributed by atoms with van der Waals surface area (Å²) in [6.07, 6.45) is 3.50. The Morgan fingerprint density at radius 3 is 2.59 bits per heavy atom. The van der Waals surface area contributed by atoms with Crippen molar-refractivity contribution in [2.75, 3.05) is 0 Å². The standard InChI is InChI=1S/C13H17N3O/c1-9-7-12(11(3)17-9)10(2)16-8-13-14-5-4-6-15-13/h4-7,10,16H,8H2,1-3H3. The van der Waals surface area contributed by atoms with Crippen molar-refractivity contribution < 1.29 is 4.42 Å². The fraction of sp³-hybridized carbons (Fsp3) is 0.385. The quantitative estimate of drug-likeness (QED) is 0.878. The highest BCUT2D eigenvalue weighted by Crippen LogP contribution is 2.21. The van der Waals surface area contributed by atoms with Crippen LogP contribution < -0.4 is 5.32 Å². The molecule has 1 N–H and O–H groups in total. The van der Waals surface area contributed by atoms with Crippen LogP contribution in [-0.2, 0) is 6.54 Å². The maximum absolute atomic E-state index is 5.52. The van der Waals surface area contributed by atoms with Crippen LogP contribution >= 0.6 is 0 Å². The lowest BCUT2D eigenvalue weighted by molar-refractivity contribution is 0.488. The molecule has 90 valence electrons. The molecule has 2 rings (SSSR count). The van der Waals surface area contributed by atoms with E-state index in [1.165, 1.54) is 5.56 Å². The van der Waals surface area contributed by atoms with Gasteiger partial charge in [0.1, 0.15) is 17.3 Å². The van der Waals surface area contributed by atoms with E-state index < -0.39 is 0 Å². The van der Waals surface area contributed by atoms with Gasteiger partial charge in [-0.25, -0.2) is 9.97 Å². The zero-order valence-corrected chi connectivity index (χ0v) is 10.4. The molecule has 0 bridgehead atoms. The average Bonchev–Trinajstić information content (AvgIpc) is 2.67. The fourth-order valence-corrected chi connectivity index (χ4v) is 1.86. The molecule has 0 fully saturated rings. The van der Waals surface area contributed by atoms with Crippen molar-refractivity contribution in [2.24, 2.45) is 0 Å². The van der Waals surface area contributed by atoms with Crippen LogP contribution in [0.3, 0.4) is 0 Å². The number of hydrogen-bond acceptors (Lipinski definition) is 4. The summed E-state index contributed by atoms with van der Waals surface area (Å²) in [6, 6.07) is 4.12. The van der Waals surface area contributed by atoms with Gasteiger partial charge in [-0.3, -0.25) is 0 Å². The first-order chi connectivity index (χ1) is 8.16. The van der Waals surface area contributed by atoms with Crippen LogP contribution in [0.2, 0.25) is 0 Å². The number of aryl methyl sites for hydroxylation is 2. The molecule has 0 aliphatic heterocycles. The molecule has 0 saturated carbocycles. The van der Waals surface area contributed by atoms with Crippen LogP contribution in [0.1, 0.15) is 35.9 Å². The molecule has 0 spiro atoms. The second kappa shape index (κ2) is 5.10. The monoisotopic (exact) mass is 231 g/mol. The van der Waals surface area contributed by atoms with Crippen molar-refractivity contribution in [1.82, 2.24) is 15.3 Å². The normalized spacial score (nSPS) is 12.6. The lowest BCUT2D eigenvalue weighted by Gasteiger charge is -2.12. The van der Waals surface area contributed by atoms with Gasteiger partial charge in [0, 0.05) is 24.0 Å². The third-order valence-electron chi connectivity index (χ3n) is 2.73. The summed E-state index contributed by atoms with van der Waals surface area (Å²) in [6.45, 7) is 6.72. The minimum absolute atomic E-state index is 0.233. The maximum Gasteiger partial charge on any atom is 0.141 e. The predicted molar refractivity (Wildman–Crippen MR) is 65.5 cm³/mol. The molecule has 0 aliphatic rings. The molecule has 0 amide bonds. The van der Waals surface area contributed by atoms with Crippen molar-refractivity contribution in [3.8, 4) is 0 Å². The lowest BCUT2D eigenvalue weighted by atomic mass is 10.1. The highest BCUT2D eigenvalue weighted by atomic mass is 16.3. The minimum Gasteiger partial charge on any atom is -0.466 e. The largest absolute Gasteiger partial charge is 0.466 e. The smallest absolute Gasteiger partial charge is 0.141 e. The molecule has 2 heterocycles. The molecule has 2 aromatic rings. The minimum atomic E-state index is 0.233. The van der Waals surface area contributed by atoms with Crippen molar-refractivity contribution in [1.29, 1.82) is 0 Å². The summed E-state index contributed by atoms with van der Waals surface area (Å²) in [4.78, 5) is 8.35. The van der Waals surface area contributed by atoms with Crippen LogP contribution in [0, 0.1) is 13.8 Å². The molecule has 1 atom stereocenters. The summed E-state index contributed by atoms with van der Waals surface area (Å²) in [5.41, 5.74) is 1.19. The Bertz CT molecular complexity index is 479. The van der Waals surface area contributed by atoms with Crippen LogP contribution in [0.25, 0.3) is 0 Å². The van der Waals surface area contributed by atoms with Gasteiger partial charge in [-0.2, -0.15) is 0 Å². The molecule has 4 heteroatoms. The first kappa shape index (κ1) is 11.8. The topological polar surface area (TPSA) is 51.0 Å². The van der Waals surface area contributed by atoms with E-state index >= 15 is 0 Å². The average molecular weight is 231 g/mol. The summed E-state index contributed by atoms with van der Waals surface area (Å²) < 4.78 is 5.52. The number of nitrogens with one attached hydrogen (secondary N) is 1. The Hall–Kier alpha value is -1.68. The van der Waals surface area contributed by atoms with Gasteiger partial charge in [-0.15, -0.1) is 0 Å². The highest BCUT2D eigenvalue weighted by molar-refractivity contribution is 5.23. The summed E-state index contributed by atoms with van der Waals surface area (Å²) in [7, 11) is 0. The van der Waals surface area contributed by atoms with Crippen molar-refractivity contribution in [3.63, 3.8) is 0 Å². The Morgan fingerprint density at radius 1 is 1.29 bits per heavy atom. The van der Waals surface area contributed by atoms with Crippen LogP contribution in [0.15, 0.2) is 28.9 Å². The Morgan fingerprint density at radius 2 is 2.00 bits per heavy atom. The summed E-state index contributed by atoms with van der Waals surface area (Å²) in [5, 5.41) is 3.38. The van der Waals surface area contributed by atoms with Crippen molar-refractivity contribution in [3.05, 3.63) is 47.4 Å². The second-order valence-electron chi connectivity index (χ2n) is 4.14. The molecular formula is C13H17N3O. The van der Waals surface area contributed by atoms with E-state index in [0.717, 1.165) is 17.3 Å². The van der Waals surface area contributed by atoms with Gasteiger partial charge in [-0.1, -0.05) is 0 Å². The van der Waals surface area contributed by atoms with Gasteiger partial charge in [0.15, 0.2) is 0 Å².